The summed E-state index contributed by atoms with van der Waals surface area (Å²) in [5.41, 5.74) is 0.960. The Morgan fingerprint density at radius 1 is 1.13 bits per heavy atom. The van der Waals surface area contributed by atoms with Gasteiger partial charge in [0.2, 0.25) is 0 Å². The Hall–Kier alpha value is -1.60. The lowest BCUT2D eigenvalue weighted by Crippen LogP contribution is -2.43. The lowest BCUT2D eigenvalue weighted by molar-refractivity contribution is 0.105. The maximum atomic E-state index is 12.2. The largest absolute Gasteiger partial charge is 0.447 e. The molecule has 0 aliphatic heterocycles. The van der Waals surface area contributed by atoms with Gasteiger partial charge in [-0.2, -0.15) is 8.42 Å². The number of ether oxygens (including phenoxy) is 1. The maximum Gasteiger partial charge on any atom is 0.407 e. The van der Waals surface area contributed by atoms with Crippen molar-refractivity contribution in [1.29, 1.82) is 0 Å². The zero-order valence-electron chi connectivity index (χ0n) is 14.2. The number of nitrogens with one attached hydrogen (secondary N) is 1. The van der Waals surface area contributed by atoms with Gasteiger partial charge in [-0.3, -0.25) is 4.18 Å². The van der Waals surface area contributed by atoms with Crippen LogP contribution in [0.5, 0.6) is 0 Å². The van der Waals surface area contributed by atoms with E-state index in [0.717, 1.165) is 5.56 Å². The summed E-state index contributed by atoms with van der Waals surface area (Å²) in [6.07, 6.45) is -0.838. The van der Waals surface area contributed by atoms with Crippen LogP contribution in [0.2, 0.25) is 0 Å². The van der Waals surface area contributed by atoms with Crippen LogP contribution in [0.25, 0.3) is 0 Å². The fourth-order valence-electron chi connectivity index (χ4n) is 1.74. The molecule has 1 aromatic rings. The molecule has 1 N–H and O–H groups in total. The molecule has 23 heavy (non-hydrogen) atoms. The summed E-state index contributed by atoms with van der Waals surface area (Å²) in [5, 5.41) is 2.63. The first-order valence-corrected chi connectivity index (χ1v) is 8.96. The van der Waals surface area contributed by atoms with Gasteiger partial charge in [0.1, 0.15) is 0 Å². The summed E-state index contributed by atoms with van der Waals surface area (Å²) in [6, 6.07) is 5.93. The van der Waals surface area contributed by atoms with Crippen LogP contribution in [0.3, 0.4) is 0 Å². The Labute approximate surface area is 138 Å². The molecular weight excluding hydrogens is 318 g/mol. The van der Waals surface area contributed by atoms with E-state index in [-0.39, 0.29) is 23.5 Å². The molecule has 1 atom stereocenters. The van der Waals surface area contributed by atoms with Crippen LogP contribution in [0, 0.1) is 12.8 Å². The van der Waals surface area contributed by atoms with Crippen molar-refractivity contribution in [3.63, 3.8) is 0 Å². The van der Waals surface area contributed by atoms with Gasteiger partial charge >= 0.3 is 6.09 Å². The van der Waals surface area contributed by atoms with Crippen molar-refractivity contribution in [3.05, 3.63) is 29.8 Å². The quantitative estimate of drug-likeness (QED) is 0.770. The van der Waals surface area contributed by atoms with Crippen LogP contribution in [-0.2, 0) is 19.0 Å². The molecule has 0 fully saturated rings. The van der Waals surface area contributed by atoms with Gasteiger partial charge in [0, 0.05) is 0 Å². The summed E-state index contributed by atoms with van der Waals surface area (Å²) in [5.74, 6) is -0.0112. The molecule has 1 rings (SSSR count). The van der Waals surface area contributed by atoms with Gasteiger partial charge in [0.25, 0.3) is 10.1 Å². The average molecular weight is 343 g/mol. The number of rotatable bonds is 7. The van der Waals surface area contributed by atoms with Gasteiger partial charge in [0.05, 0.1) is 23.6 Å². The predicted molar refractivity (Wildman–Crippen MR) is 87.7 cm³/mol. The Kier molecular flexibility index (Phi) is 7.02. The van der Waals surface area contributed by atoms with E-state index in [0.29, 0.717) is 0 Å². The van der Waals surface area contributed by atoms with Gasteiger partial charge in [-0.25, -0.2) is 4.79 Å². The van der Waals surface area contributed by atoms with E-state index in [9.17, 15) is 13.2 Å². The fourth-order valence-corrected chi connectivity index (χ4v) is 2.67. The summed E-state index contributed by atoms with van der Waals surface area (Å²) < 4.78 is 34.4. The van der Waals surface area contributed by atoms with Crippen LogP contribution in [-0.4, -0.2) is 33.3 Å². The molecule has 0 radical (unpaired) electrons. The zero-order valence-corrected chi connectivity index (χ0v) is 15.0. The summed E-state index contributed by atoms with van der Waals surface area (Å²) in [4.78, 5) is 11.8. The molecule has 1 amide bonds. The molecule has 0 aromatic heterocycles. The molecule has 0 aliphatic rings. The van der Waals surface area contributed by atoms with Gasteiger partial charge in [0.15, 0.2) is 0 Å². The molecule has 0 heterocycles. The molecule has 0 spiro atoms. The van der Waals surface area contributed by atoms with E-state index in [1.807, 2.05) is 20.8 Å². The van der Waals surface area contributed by atoms with Gasteiger partial charge in [-0.05, 0) is 38.8 Å². The van der Waals surface area contributed by atoms with Crippen molar-refractivity contribution < 1.29 is 22.1 Å². The number of amides is 1. The predicted octanol–water partition coefficient (Wildman–Crippen LogP) is 2.86. The number of aryl methyl sites for hydroxylation is 1. The Bertz CT molecular complexity index is 608. The van der Waals surface area contributed by atoms with Gasteiger partial charge in [-0.1, -0.05) is 31.5 Å². The second kappa shape index (κ2) is 8.31. The highest BCUT2D eigenvalue weighted by Crippen LogP contribution is 2.15. The monoisotopic (exact) mass is 343 g/mol. The normalized spacial score (nSPS) is 13.2. The standard InChI is InChI=1S/C16H25NO5S/c1-11(2)15(17-16(18)22-12(3)4)10-21-23(19,20)14-8-6-13(5)7-9-14/h6-9,11-12,15H,10H2,1-5H3,(H,17,18)/t15-/m1/s1. The van der Waals surface area contributed by atoms with Gasteiger partial charge < -0.3 is 10.1 Å². The van der Waals surface area contributed by atoms with E-state index in [2.05, 4.69) is 5.32 Å². The molecule has 7 heteroatoms. The first kappa shape index (κ1) is 19.4. The first-order valence-electron chi connectivity index (χ1n) is 7.55. The minimum absolute atomic E-state index is 0.0112. The average Bonchev–Trinajstić information content (AvgIpc) is 2.42. The number of hydrogen-bond acceptors (Lipinski definition) is 5. The van der Waals surface area contributed by atoms with Crippen LogP contribution in [0.1, 0.15) is 33.3 Å². The van der Waals surface area contributed by atoms with Crippen LogP contribution in [0.4, 0.5) is 4.79 Å². The highest BCUT2D eigenvalue weighted by Gasteiger charge is 2.22. The molecule has 0 saturated heterocycles. The first-order chi connectivity index (χ1) is 10.6. The van der Waals surface area contributed by atoms with Crippen molar-refractivity contribution in [3.8, 4) is 0 Å². The molecule has 0 aliphatic carbocycles. The smallest absolute Gasteiger partial charge is 0.407 e. The molecule has 1 aromatic carbocycles. The molecule has 0 saturated carbocycles. The van der Waals surface area contributed by atoms with Crippen LogP contribution >= 0.6 is 0 Å². The van der Waals surface area contributed by atoms with Crippen molar-refractivity contribution in [1.82, 2.24) is 5.32 Å². The Morgan fingerprint density at radius 2 is 1.70 bits per heavy atom. The second-order valence-corrected chi connectivity index (χ2v) is 7.62. The van der Waals surface area contributed by atoms with E-state index < -0.39 is 22.3 Å². The molecule has 130 valence electrons. The number of hydrogen-bond donors (Lipinski definition) is 1. The minimum atomic E-state index is -3.86. The van der Waals surface area contributed by atoms with Crippen LogP contribution in [0.15, 0.2) is 29.2 Å². The third-order valence-electron chi connectivity index (χ3n) is 3.16. The topological polar surface area (TPSA) is 81.7 Å². The zero-order chi connectivity index (χ0) is 17.6. The van der Waals surface area contributed by atoms with E-state index in [4.69, 9.17) is 8.92 Å². The number of carbonyl (C=O) groups excluding carboxylic acids is 1. The minimum Gasteiger partial charge on any atom is -0.447 e. The molecular formula is C16H25NO5S. The van der Waals surface area contributed by atoms with Crippen molar-refractivity contribution in [2.45, 2.75) is 51.7 Å². The number of benzene rings is 1. The van der Waals surface area contributed by atoms with Crippen molar-refractivity contribution in [2.75, 3.05) is 6.61 Å². The summed E-state index contributed by atoms with van der Waals surface area (Å²) in [7, 11) is -3.86. The van der Waals surface area contributed by atoms with Crippen molar-refractivity contribution in [2.24, 2.45) is 5.92 Å². The number of carbonyl (C=O) groups is 1. The Morgan fingerprint density at radius 3 is 2.17 bits per heavy atom. The van der Waals surface area contributed by atoms with E-state index >= 15 is 0 Å². The third kappa shape index (κ3) is 6.58. The fraction of sp³-hybridized carbons (Fsp3) is 0.562. The van der Waals surface area contributed by atoms with E-state index in [1.54, 1.807) is 26.0 Å². The lowest BCUT2D eigenvalue weighted by Gasteiger charge is -2.22. The SMILES string of the molecule is Cc1ccc(S(=O)(=O)OC[C@@H](NC(=O)OC(C)C)C(C)C)cc1. The van der Waals surface area contributed by atoms with E-state index in [1.165, 1.54) is 12.1 Å². The third-order valence-corrected chi connectivity index (χ3v) is 4.46. The highest BCUT2D eigenvalue weighted by atomic mass is 32.2. The molecule has 0 bridgehead atoms. The van der Waals surface area contributed by atoms with Crippen molar-refractivity contribution >= 4 is 16.2 Å². The second-order valence-electron chi connectivity index (χ2n) is 6.00. The van der Waals surface area contributed by atoms with Crippen LogP contribution < -0.4 is 5.32 Å². The lowest BCUT2D eigenvalue weighted by atomic mass is 10.1. The highest BCUT2D eigenvalue weighted by molar-refractivity contribution is 7.86. The number of alkyl carbamates (subject to hydrolysis) is 1. The van der Waals surface area contributed by atoms with Gasteiger partial charge in [-0.15, -0.1) is 0 Å². The molecule has 0 unspecified atom stereocenters. The summed E-state index contributed by atoms with van der Waals surface area (Å²) in [6.45, 7) is 8.92. The maximum absolute atomic E-state index is 12.2. The Balaban J connectivity index is 2.70. The summed E-state index contributed by atoms with van der Waals surface area (Å²) >= 11 is 0. The molecule has 6 nitrogen and oxygen atoms in total.